The zero-order valence-electron chi connectivity index (χ0n) is 16.6. The van der Waals surface area contributed by atoms with E-state index in [4.69, 9.17) is 4.74 Å². The predicted octanol–water partition coefficient (Wildman–Crippen LogP) is 6.22. The van der Waals surface area contributed by atoms with Crippen LogP contribution in [0, 0.1) is 12.7 Å². The number of hydrogen-bond donors (Lipinski definition) is 0. The fraction of sp³-hybridized carbons (Fsp3) is 0.192. The van der Waals surface area contributed by atoms with E-state index in [1.54, 1.807) is 19.2 Å². The van der Waals surface area contributed by atoms with Crippen molar-refractivity contribution in [1.82, 2.24) is 0 Å². The van der Waals surface area contributed by atoms with Gasteiger partial charge in [-0.15, -0.1) is 0 Å². The Morgan fingerprint density at radius 1 is 1.00 bits per heavy atom. The number of ketones is 1. The maximum atomic E-state index is 13.7. The van der Waals surface area contributed by atoms with E-state index >= 15 is 0 Å². The lowest BCUT2D eigenvalue weighted by molar-refractivity contribution is 0.102. The fourth-order valence-electron chi connectivity index (χ4n) is 4.11. The molecule has 3 aromatic rings. The van der Waals surface area contributed by atoms with Gasteiger partial charge in [-0.1, -0.05) is 66.2 Å². The van der Waals surface area contributed by atoms with Crippen molar-refractivity contribution in [1.29, 1.82) is 0 Å². The predicted molar refractivity (Wildman–Crippen MR) is 113 cm³/mol. The maximum Gasteiger partial charge on any atom is 0.189 e. The number of halogens is 1. The van der Waals surface area contributed by atoms with Gasteiger partial charge in [0.2, 0.25) is 0 Å². The Kier molecular flexibility index (Phi) is 5.30. The Morgan fingerprint density at radius 2 is 1.76 bits per heavy atom. The lowest BCUT2D eigenvalue weighted by Crippen LogP contribution is -2.10. The molecule has 0 saturated carbocycles. The average Bonchev–Trinajstić information content (AvgIpc) is 3.19. The Morgan fingerprint density at radius 3 is 2.48 bits per heavy atom. The molecule has 0 fully saturated rings. The largest absolute Gasteiger partial charge is 0.496 e. The molecule has 0 heterocycles. The van der Waals surface area contributed by atoms with Crippen molar-refractivity contribution in [3.63, 3.8) is 0 Å². The standard InChI is InChI=1S/C26H23FO2/c1-17-10-12-18(13-11-17)20-15-23(22-8-3-4-9-25(22)29-2)24(16-20)26(28)19-6-5-7-21(27)14-19/h3-14,16,20,23H,15H2,1-2H3. The van der Waals surface area contributed by atoms with Gasteiger partial charge in [0.1, 0.15) is 11.6 Å². The van der Waals surface area contributed by atoms with Gasteiger partial charge in [0.15, 0.2) is 5.78 Å². The van der Waals surface area contributed by atoms with Crippen molar-refractivity contribution >= 4 is 5.78 Å². The molecule has 0 aromatic heterocycles. The second-order valence-corrected chi connectivity index (χ2v) is 7.51. The van der Waals surface area contributed by atoms with Crippen LogP contribution in [-0.2, 0) is 0 Å². The second kappa shape index (κ2) is 8.04. The minimum Gasteiger partial charge on any atom is -0.496 e. The second-order valence-electron chi connectivity index (χ2n) is 7.51. The topological polar surface area (TPSA) is 26.3 Å². The fourth-order valence-corrected chi connectivity index (χ4v) is 4.11. The van der Waals surface area contributed by atoms with Gasteiger partial charge < -0.3 is 4.74 Å². The lowest BCUT2D eigenvalue weighted by Gasteiger charge is -2.19. The van der Waals surface area contributed by atoms with E-state index in [1.807, 2.05) is 24.3 Å². The third-order valence-corrected chi connectivity index (χ3v) is 5.61. The van der Waals surface area contributed by atoms with Crippen LogP contribution in [0.5, 0.6) is 5.75 Å². The third-order valence-electron chi connectivity index (χ3n) is 5.61. The highest BCUT2D eigenvalue weighted by atomic mass is 19.1. The molecule has 0 N–H and O–H groups in total. The maximum absolute atomic E-state index is 13.7. The minimum atomic E-state index is -0.404. The zero-order chi connectivity index (χ0) is 20.4. The van der Waals surface area contributed by atoms with Crippen molar-refractivity contribution < 1.29 is 13.9 Å². The molecule has 29 heavy (non-hydrogen) atoms. The zero-order valence-corrected chi connectivity index (χ0v) is 16.6. The monoisotopic (exact) mass is 386 g/mol. The smallest absolute Gasteiger partial charge is 0.189 e. The van der Waals surface area contributed by atoms with Crippen LogP contribution in [0.2, 0.25) is 0 Å². The third kappa shape index (κ3) is 3.86. The number of carbonyl (C=O) groups is 1. The molecule has 1 aliphatic rings. The van der Waals surface area contributed by atoms with E-state index in [0.29, 0.717) is 11.1 Å². The molecule has 4 rings (SSSR count). The number of hydrogen-bond acceptors (Lipinski definition) is 2. The molecule has 2 unspecified atom stereocenters. The first kappa shape index (κ1) is 19.1. The molecule has 0 saturated heterocycles. The molecule has 0 amide bonds. The summed E-state index contributed by atoms with van der Waals surface area (Å²) in [6, 6.07) is 22.1. The van der Waals surface area contributed by atoms with E-state index < -0.39 is 5.82 Å². The number of benzene rings is 3. The summed E-state index contributed by atoms with van der Waals surface area (Å²) >= 11 is 0. The first-order valence-electron chi connectivity index (χ1n) is 9.78. The minimum absolute atomic E-state index is 0.103. The Labute approximate surface area is 170 Å². The van der Waals surface area contributed by atoms with Gasteiger partial charge in [-0.2, -0.15) is 0 Å². The summed E-state index contributed by atoms with van der Waals surface area (Å²) in [7, 11) is 1.64. The molecule has 0 aliphatic heterocycles. The molecule has 3 heteroatoms. The highest BCUT2D eigenvalue weighted by molar-refractivity contribution is 6.10. The molecule has 2 nitrogen and oxygen atoms in total. The Bertz CT molecular complexity index is 1070. The molecule has 0 radical (unpaired) electrons. The summed E-state index contributed by atoms with van der Waals surface area (Å²) in [5, 5.41) is 0. The number of Topliss-reactive ketones (excluding diaryl/α,β-unsaturated/α-hetero) is 1. The van der Waals surface area contributed by atoms with Gasteiger partial charge in [-0.05, 0) is 37.1 Å². The number of allylic oxidation sites excluding steroid dienone is 2. The van der Waals surface area contributed by atoms with Crippen LogP contribution in [0.4, 0.5) is 4.39 Å². The van der Waals surface area contributed by atoms with Crippen LogP contribution in [-0.4, -0.2) is 12.9 Å². The highest BCUT2D eigenvalue weighted by Gasteiger charge is 2.34. The van der Waals surface area contributed by atoms with Gasteiger partial charge in [0.05, 0.1) is 7.11 Å². The van der Waals surface area contributed by atoms with Crippen molar-refractivity contribution in [2.24, 2.45) is 0 Å². The van der Waals surface area contributed by atoms with Gasteiger partial charge in [-0.25, -0.2) is 4.39 Å². The molecule has 1 aliphatic carbocycles. The summed E-state index contributed by atoms with van der Waals surface area (Å²) in [5.41, 5.74) is 4.44. The van der Waals surface area contributed by atoms with Crippen molar-refractivity contribution in [3.05, 3.63) is 113 Å². The van der Waals surface area contributed by atoms with Gasteiger partial charge in [-0.3, -0.25) is 4.79 Å². The summed E-state index contributed by atoms with van der Waals surface area (Å²) in [6.45, 7) is 2.06. The van der Waals surface area contributed by atoms with Crippen molar-refractivity contribution in [2.75, 3.05) is 7.11 Å². The van der Waals surface area contributed by atoms with Crippen LogP contribution in [0.3, 0.4) is 0 Å². The number of rotatable bonds is 5. The van der Waals surface area contributed by atoms with E-state index in [-0.39, 0.29) is 17.6 Å². The lowest BCUT2D eigenvalue weighted by atomic mass is 9.86. The number of carbonyl (C=O) groups excluding carboxylic acids is 1. The Balaban J connectivity index is 1.78. The first-order valence-corrected chi connectivity index (χ1v) is 9.78. The molecular weight excluding hydrogens is 363 g/mol. The molecule has 0 spiro atoms. The number of ether oxygens (including phenoxy) is 1. The normalized spacial score (nSPS) is 18.4. The van der Waals surface area contributed by atoms with Crippen molar-refractivity contribution in [2.45, 2.75) is 25.2 Å². The number of para-hydroxylation sites is 1. The van der Waals surface area contributed by atoms with E-state index in [2.05, 4.69) is 37.3 Å². The average molecular weight is 386 g/mol. The summed E-state index contributed by atoms with van der Waals surface area (Å²) in [6.07, 6.45) is 2.83. The highest BCUT2D eigenvalue weighted by Crippen LogP contribution is 2.46. The molecule has 0 bridgehead atoms. The Hall–Kier alpha value is -3.20. The summed E-state index contributed by atoms with van der Waals surface area (Å²) < 4.78 is 19.3. The SMILES string of the molecule is COc1ccccc1C1CC(c2ccc(C)cc2)C=C1C(=O)c1cccc(F)c1. The first-order chi connectivity index (χ1) is 14.1. The van der Waals surface area contributed by atoms with Crippen LogP contribution in [0.15, 0.2) is 84.4 Å². The molecular formula is C26H23FO2. The molecule has 2 atom stereocenters. The van der Waals surface area contributed by atoms with Gasteiger partial charge in [0, 0.05) is 28.5 Å². The molecule has 3 aromatic carbocycles. The van der Waals surface area contributed by atoms with E-state index in [9.17, 15) is 9.18 Å². The number of methoxy groups -OCH3 is 1. The van der Waals surface area contributed by atoms with Crippen LogP contribution in [0.25, 0.3) is 0 Å². The van der Waals surface area contributed by atoms with Crippen LogP contribution >= 0.6 is 0 Å². The van der Waals surface area contributed by atoms with Crippen molar-refractivity contribution in [3.8, 4) is 5.75 Å². The van der Waals surface area contributed by atoms with E-state index in [0.717, 1.165) is 17.7 Å². The van der Waals surface area contributed by atoms with Gasteiger partial charge in [0.25, 0.3) is 0 Å². The van der Waals surface area contributed by atoms with Crippen LogP contribution < -0.4 is 4.74 Å². The summed E-state index contributed by atoms with van der Waals surface area (Å²) in [5.74, 6) is 0.250. The van der Waals surface area contributed by atoms with Gasteiger partial charge >= 0.3 is 0 Å². The van der Waals surface area contributed by atoms with E-state index in [1.165, 1.54) is 23.3 Å². The summed E-state index contributed by atoms with van der Waals surface area (Å²) in [4.78, 5) is 13.3. The number of aryl methyl sites for hydroxylation is 1. The quantitative estimate of drug-likeness (QED) is 0.486. The van der Waals surface area contributed by atoms with Crippen LogP contribution in [0.1, 0.15) is 45.3 Å². The molecule has 146 valence electrons.